The molecule has 7 N–H and O–H groups in total. The summed E-state index contributed by atoms with van der Waals surface area (Å²) in [6.07, 6.45) is 0.566. The first-order chi connectivity index (χ1) is 7.30. The van der Waals surface area contributed by atoms with Gasteiger partial charge in [-0.15, -0.1) is 0 Å². The zero-order valence-corrected chi connectivity index (χ0v) is 9.37. The first-order valence-corrected chi connectivity index (χ1v) is 4.91. The molecule has 0 heterocycles. The van der Waals surface area contributed by atoms with E-state index in [0.29, 0.717) is 6.42 Å². The fourth-order valence-corrected chi connectivity index (χ4v) is 0.635. The van der Waals surface area contributed by atoms with Crippen LogP contribution in [0.1, 0.15) is 19.8 Å². The Hall–Kier alpha value is -0.280. The van der Waals surface area contributed by atoms with Gasteiger partial charge in [0.25, 0.3) is 5.97 Å². The Balaban J connectivity index is 0. The van der Waals surface area contributed by atoms with Gasteiger partial charge in [-0.05, 0) is 6.42 Å². The van der Waals surface area contributed by atoms with Gasteiger partial charge in [-0.2, -0.15) is 0 Å². The highest BCUT2D eigenvalue weighted by atomic mass is 16.7. The van der Waals surface area contributed by atoms with Crippen LogP contribution in [-0.2, 0) is 0 Å². The fourth-order valence-electron chi connectivity index (χ4n) is 0.635. The average molecular weight is 242 g/mol. The molecule has 7 heteroatoms. The molecule has 0 radical (unpaired) electrons. The number of aliphatic hydroxyl groups excluding tert-OH is 4. The normalized spacial score (nSPS) is 12.0. The molecule has 0 bridgehead atoms. The van der Waals surface area contributed by atoms with E-state index < -0.39 is 37.8 Å². The molecule has 16 heavy (non-hydrogen) atoms. The molecule has 0 saturated heterocycles. The van der Waals surface area contributed by atoms with Crippen molar-refractivity contribution in [3.8, 4) is 0 Å². The zero-order valence-electron chi connectivity index (χ0n) is 9.37. The quantitative estimate of drug-likeness (QED) is 0.252. The van der Waals surface area contributed by atoms with Gasteiger partial charge in [-0.3, -0.25) is 0 Å². The molecule has 0 atom stereocenters. The van der Waals surface area contributed by atoms with Gasteiger partial charge in [0, 0.05) is 6.42 Å². The SMILES string of the molecule is CCCC(O)(O)O.OCC(CO)(CO)CO. The summed E-state index contributed by atoms with van der Waals surface area (Å²) in [5.41, 5.74) is -1.11. The monoisotopic (exact) mass is 242 g/mol. The van der Waals surface area contributed by atoms with Crippen molar-refractivity contribution in [1.29, 1.82) is 0 Å². The molecule has 0 aliphatic carbocycles. The summed E-state index contributed by atoms with van der Waals surface area (Å²) in [5, 5.41) is 58.4. The molecule has 0 amide bonds. The lowest BCUT2D eigenvalue weighted by Crippen LogP contribution is -2.37. The average Bonchev–Trinajstić information content (AvgIpc) is 2.21. The Labute approximate surface area is 94.2 Å². The molecule has 0 fully saturated rings. The van der Waals surface area contributed by atoms with Crippen LogP contribution in [0, 0.1) is 5.41 Å². The lowest BCUT2D eigenvalue weighted by atomic mass is 9.93. The summed E-state index contributed by atoms with van der Waals surface area (Å²) in [4.78, 5) is 0. The van der Waals surface area contributed by atoms with Gasteiger partial charge in [-0.25, -0.2) is 0 Å². The molecule has 0 spiro atoms. The Kier molecular flexibility index (Phi) is 9.98. The third kappa shape index (κ3) is 8.98. The molecular weight excluding hydrogens is 220 g/mol. The Bertz CT molecular complexity index is 133. The standard InChI is InChI=1S/C5H12O4.C4H10O3/c6-1-5(2-7,3-8)4-9;1-2-3-4(5,6)7/h6-9H,1-4H2;5-7H,2-3H2,1H3. The Morgan fingerprint density at radius 1 is 0.750 bits per heavy atom. The minimum Gasteiger partial charge on any atom is -0.396 e. The molecule has 0 aliphatic heterocycles. The van der Waals surface area contributed by atoms with Gasteiger partial charge in [0.15, 0.2) is 0 Å². The van der Waals surface area contributed by atoms with Crippen LogP contribution in [0.4, 0.5) is 0 Å². The zero-order chi connectivity index (χ0) is 13.2. The summed E-state index contributed by atoms with van der Waals surface area (Å²) in [6.45, 7) is 0.122. The van der Waals surface area contributed by atoms with Crippen molar-refractivity contribution in [2.45, 2.75) is 25.7 Å². The van der Waals surface area contributed by atoms with Gasteiger partial charge in [0.2, 0.25) is 0 Å². The number of aliphatic hydroxyl groups is 7. The van der Waals surface area contributed by atoms with Crippen molar-refractivity contribution in [1.82, 2.24) is 0 Å². The van der Waals surface area contributed by atoms with Gasteiger partial charge >= 0.3 is 0 Å². The maximum absolute atomic E-state index is 8.50. The predicted octanol–water partition coefficient (Wildman–Crippen LogP) is -2.64. The van der Waals surface area contributed by atoms with Crippen molar-refractivity contribution in [3.63, 3.8) is 0 Å². The van der Waals surface area contributed by atoms with E-state index in [4.69, 9.17) is 35.7 Å². The third-order valence-corrected chi connectivity index (χ3v) is 1.93. The number of hydrogen-bond acceptors (Lipinski definition) is 7. The van der Waals surface area contributed by atoms with Crippen LogP contribution >= 0.6 is 0 Å². The van der Waals surface area contributed by atoms with Crippen LogP contribution in [0.3, 0.4) is 0 Å². The van der Waals surface area contributed by atoms with Crippen molar-refractivity contribution in [3.05, 3.63) is 0 Å². The molecule has 0 aromatic heterocycles. The highest BCUT2D eigenvalue weighted by Crippen LogP contribution is 2.11. The molecule has 0 aromatic rings. The molecule has 0 aliphatic rings. The van der Waals surface area contributed by atoms with E-state index in [-0.39, 0.29) is 6.42 Å². The fraction of sp³-hybridized carbons (Fsp3) is 1.00. The lowest BCUT2D eigenvalue weighted by molar-refractivity contribution is -0.314. The van der Waals surface area contributed by atoms with Crippen LogP contribution < -0.4 is 0 Å². The molecule has 0 saturated carbocycles. The van der Waals surface area contributed by atoms with Crippen molar-refractivity contribution in [2.24, 2.45) is 5.41 Å². The van der Waals surface area contributed by atoms with Gasteiger partial charge in [-0.1, -0.05) is 6.92 Å². The highest BCUT2D eigenvalue weighted by Gasteiger charge is 2.26. The van der Waals surface area contributed by atoms with Gasteiger partial charge in [0.1, 0.15) is 0 Å². The van der Waals surface area contributed by atoms with E-state index in [1.54, 1.807) is 6.92 Å². The second-order valence-electron chi connectivity index (χ2n) is 3.66. The summed E-state index contributed by atoms with van der Waals surface area (Å²) in [6, 6.07) is 0. The minimum absolute atomic E-state index is 0.00694. The predicted molar refractivity (Wildman–Crippen MR) is 55.1 cm³/mol. The van der Waals surface area contributed by atoms with Crippen LogP contribution in [0.2, 0.25) is 0 Å². The van der Waals surface area contributed by atoms with Gasteiger partial charge < -0.3 is 35.7 Å². The van der Waals surface area contributed by atoms with E-state index in [2.05, 4.69) is 0 Å². The largest absolute Gasteiger partial charge is 0.396 e. The molecule has 0 aromatic carbocycles. The topological polar surface area (TPSA) is 142 Å². The summed E-state index contributed by atoms with van der Waals surface area (Å²) in [7, 11) is 0. The molecule has 0 rings (SSSR count). The summed E-state index contributed by atoms with van der Waals surface area (Å²) >= 11 is 0. The maximum atomic E-state index is 8.50. The Morgan fingerprint density at radius 2 is 1.06 bits per heavy atom. The van der Waals surface area contributed by atoms with Gasteiger partial charge in [0.05, 0.1) is 31.8 Å². The van der Waals surface area contributed by atoms with Crippen molar-refractivity contribution < 1.29 is 35.7 Å². The van der Waals surface area contributed by atoms with E-state index >= 15 is 0 Å². The maximum Gasteiger partial charge on any atom is 0.275 e. The number of rotatable bonds is 6. The third-order valence-electron chi connectivity index (χ3n) is 1.93. The van der Waals surface area contributed by atoms with Crippen LogP contribution in [0.5, 0.6) is 0 Å². The molecule has 100 valence electrons. The summed E-state index contributed by atoms with van der Waals surface area (Å²) < 4.78 is 0. The van der Waals surface area contributed by atoms with E-state index in [9.17, 15) is 0 Å². The molecule has 0 unspecified atom stereocenters. The Morgan fingerprint density at radius 3 is 1.06 bits per heavy atom. The first kappa shape index (κ1) is 18.1. The second kappa shape index (κ2) is 8.82. The minimum atomic E-state index is -2.45. The smallest absolute Gasteiger partial charge is 0.275 e. The first-order valence-electron chi connectivity index (χ1n) is 4.91. The lowest BCUT2D eigenvalue weighted by Gasteiger charge is -2.23. The highest BCUT2D eigenvalue weighted by molar-refractivity contribution is 4.74. The van der Waals surface area contributed by atoms with Crippen molar-refractivity contribution >= 4 is 0 Å². The molecule has 7 nitrogen and oxygen atoms in total. The van der Waals surface area contributed by atoms with E-state index in [1.807, 2.05) is 0 Å². The van der Waals surface area contributed by atoms with Crippen LogP contribution in [0.25, 0.3) is 0 Å². The van der Waals surface area contributed by atoms with Crippen LogP contribution in [0.15, 0.2) is 0 Å². The number of hydrogen-bond donors (Lipinski definition) is 7. The van der Waals surface area contributed by atoms with Crippen molar-refractivity contribution in [2.75, 3.05) is 26.4 Å². The van der Waals surface area contributed by atoms with E-state index in [0.717, 1.165) is 0 Å². The summed E-state index contributed by atoms with van der Waals surface area (Å²) in [5.74, 6) is -2.45. The van der Waals surface area contributed by atoms with Crippen LogP contribution in [-0.4, -0.2) is 68.1 Å². The van der Waals surface area contributed by atoms with E-state index in [1.165, 1.54) is 0 Å². The second-order valence-corrected chi connectivity index (χ2v) is 3.66. The molecular formula is C9H22O7.